The van der Waals surface area contributed by atoms with Gasteiger partial charge in [-0.3, -0.25) is 14.7 Å². The molecule has 0 spiro atoms. The zero-order chi connectivity index (χ0) is 18.9. The monoisotopic (exact) mass is 390 g/mol. The van der Waals surface area contributed by atoms with Crippen LogP contribution in [0.1, 0.15) is 17.0 Å². The fourth-order valence-electron chi connectivity index (χ4n) is 3.50. The van der Waals surface area contributed by atoms with E-state index in [4.69, 9.17) is 9.40 Å². The Kier molecular flexibility index (Phi) is 4.38. The molecule has 0 atom stereocenters. The van der Waals surface area contributed by atoms with Gasteiger partial charge < -0.3 is 9.40 Å². The minimum atomic E-state index is -0.0959. The molecule has 5 heterocycles. The highest BCUT2D eigenvalue weighted by molar-refractivity contribution is 7.13. The number of aromatic nitrogens is 3. The molecule has 0 aromatic carbocycles. The number of H-pyrrole nitrogens is 1. The lowest BCUT2D eigenvalue weighted by atomic mass is 10.1. The van der Waals surface area contributed by atoms with E-state index in [1.165, 1.54) is 0 Å². The van der Waals surface area contributed by atoms with E-state index in [1.807, 2.05) is 24.3 Å². The predicted octanol–water partition coefficient (Wildman–Crippen LogP) is 3.71. The number of aromatic amines is 1. The Balaban J connectivity index is 1.37. The van der Waals surface area contributed by atoms with Gasteiger partial charge >= 0.3 is 0 Å². The first kappa shape index (κ1) is 17.1. The SMILES string of the molecule is O=c1[nH]c(-c2ccco2)nc2c1CN(Cc1cccc(-c3cccs3)n1)CC2. The van der Waals surface area contributed by atoms with Gasteiger partial charge in [-0.15, -0.1) is 11.3 Å². The van der Waals surface area contributed by atoms with E-state index < -0.39 is 0 Å². The molecule has 28 heavy (non-hydrogen) atoms. The van der Waals surface area contributed by atoms with Gasteiger partial charge in [0.05, 0.1) is 33.8 Å². The number of furan rings is 1. The van der Waals surface area contributed by atoms with Gasteiger partial charge in [0, 0.05) is 26.1 Å². The molecule has 140 valence electrons. The third kappa shape index (κ3) is 3.30. The topological polar surface area (TPSA) is 75.0 Å². The molecule has 1 N–H and O–H groups in total. The highest BCUT2D eigenvalue weighted by Gasteiger charge is 2.22. The van der Waals surface area contributed by atoms with Crippen LogP contribution in [0.2, 0.25) is 0 Å². The Morgan fingerprint density at radius 1 is 1.14 bits per heavy atom. The first-order valence-corrected chi connectivity index (χ1v) is 10.0. The summed E-state index contributed by atoms with van der Waals surface area (Å²) in [6.45, 7) is 2.12. The number of hydrogen-bond acceptors (Lipinski definition) is 6. The lowest BCUT2D eigenvalue weighted by molar-refractivity contribution is 0.239. The van der Waals surface area contributed by atoms with E-state index in [2.05, 4.69) is 26.3 Å². The van der Waals surface area contributed by atoms with E-state index in [0.717, 1.165) is 40.5 Å². The fraction of sp³-hybridized carbons (Fsp3) is 0.190. The van der Waals surface area contributed by atoms with Crippen molar-refractivity contribution in [1.29, 1.82) is 0 Å². The van der Waals surface area contributed by atoms with Gasteiger partial charge in [-0.1, -0.05) is 12.1 Å². The van der Waals surface area contributed by atoms with Crippen molar-refractivity contribution in [3.05, 3.63) is 81.4 Å². The maximum Gasteiger partial charge on any atom is 0.256 e. The van der Waals surface area contributed by atoms with Gasteiger partial charge in [0.25, 0.3) is 5.56 Å². The van der Waals surface area contributed by atoms with Crippen LogP contribution in [0.15, 0.2) is 63.3 Å². The minimum absolute atomic E-state index is 0.0959. The molecular formula is C21H18N4O2S. The molecule has 4 aromatic heterocycles. The average Bonchev–Trinajstić information content (AvgIpc) is 3.43. The van der Waals surface area contributed by atoms with Crippen molar-refractivity contribution in [3.63, 3.8) is 0 Å². The van der Waals surface area contributed by atoms with Crippen LogP contribution in [0.3, 0.4) is 0 Å². The van der Waals surface area contributed by atoms with Crippen LogP contribution in [0.5, 0.6) is 0 Å². The predicted molar refractivity (Wildman–Crippen MR) is 108 cm³/mol. The summed E-state index contributed by atoms with van der Waals surface area (Å²) in [7, 11) is 0. The summed E-state index contributed by atoms with van der Waals surface area (Å²) in [5, 5.41) is 2.06. The summed E-state index contributed by atoms with van der Waals surface area (Å²) in [5.74, 6) is 1.07. The van der Waals surface area contributed by atoms with Crippen molar-refractivity contribution >= 4 is 11.3 Å². The Labute approximate surface area is 165 Å². The molecule has 0 saturated carbocycles. The number of thiophene rings is 1. The Morgan fingerprint density at radius 3 is 2.93 bits per heavy atom. The summed E-state index contributed by atoms with van der Waals surface area (Å²) < 4.78 is 5.36. The van der Waals surface area contributed by atoms with Crippen LogP contribution in [0.25, 0.3) is 22.2 Å². The first-order valence-electron chi connectivity index (χ1n) is 9.14. The zero-order valence-electron chi connectivity index (χ0n) is 15.1. The van der Waals surface area contributed by atoms with E-state index in [0.29, 0.717) is 24.7 Å². The van der Waals surface area contributed by atoms with Crippen molar-refractivity contribution in [1.82, 2.24) is 19.9 Å². The molecular weight excluding hydrogens is 372 g/mol. The maximum atomic E-state index is 12.6. The zero-order valence-corrected chi connectivity index (χ0v) is 15.9. The summed E-state index contributed by atoms with van der Waals surface area (Å²) in [6, 6.07) is 13.8. The third-order valence-electron chi connectivity index (χ3n) is 4.87. The van der Waals surface area contributed by atoms with E-state index in [-0.39, 0.29) is 5.56 Å². The molecule has 0 fully saturated rings. The molecule has 0 amide bonds. The van der Waals surface area contributed by atoms with Gasteiger partial charge in [0.2, 0.25) is 0 Å². The number of pyridine rings is 1. The van der Waals surface area contributed by atoms with E-state index in [1.54, 1.807) is 29.7 Å². The Morgan fingerprint density at radius 2 is 2.11 bits per heavy atom. The van der Waals surface area contributed by atoms with Gasteiger partial charge in [-0.05, 0) is 35.7 Å². The molecule has 0 bridgehead atoms. The molecule has 0 saturated heterocycles. The van der Waals surface area contributed by atoms with Crippen LogP contribution in [0.4, 0.5) is 0 Å². The molecule has 6 nitrogen and oxygen atoms in total. The van der Waals surface area contributed by atoms with Crippen molar-refractivity contribution in [2.75, 3.05) is 6.54 Å². The summed E-state index contributed by atoms with van der Waals surface area (Å²) >= 11 is 1.69. The molecule has 0 unspecified atom stereocenters. The quantitative estimate of drug-likeness (QED) is 0.575. The van der Waals surface area contributed by atoms with Crippen LogP contribution in [-0.2, 0) is 19.5 Å². The van der Waals surface area contributed by atoms with Crippen molar-refractivity contribution < 1.29 is 4.42 Å². The number of fused-ring (bicyclic) bond motifs is 1. The van der Waals surface area contributed by atoms with E-state index >= 15 is 0 Å². The number of nitrogens with zero attached hydrogens (tertiary/aromatic N) is 3. The number of nitrogens with one attached hydrogen (secondary N) is 1. The van der Waals surface area contributed by atoms with Gasteiger partial charge in [0.15, 0.2) is 11.6 Å². The van der Waals surface area contributed by atoms with Gasteiger partial charge in [-0.2, -0.15) is 0 Å². The lowest BCUT2D eigenvalue weighted by Crippen LogP contribution is -2.35. The molecule has 0 radical (unpaired) electrons. The normalized spacial score (nSPS) is 14.1. The molecule has 1 aliphatic rings. The lowest BCUT2D eigenvalue weighted by Gasteiger charge is -2.27. The van der Waals surface area contributed by atoms with E-state index in [9.17, 15) is 4.79 Å². The highest BCUT2D eigenvalue weighted by Crippen LogP contribution is 2.24. The van der Waals surface area contributed by atoms with Crippen LogP contribution < -0.4 is 5.56 Å². The van der Waals surface area contributed by atoms with Crippen LogP contribution in [-0.4, -0.2) is 26.4 Å². The van der Waals surface area contributed by atoms with Crippen LogP contribution in [0, 0.1) is 0 Å². The largest absolute Gasteiger partial charge is 0.461 e. The Hall–Kier alpha value is -3.03. The first-order chi connectivity index (χ1) is 13.8. The van der Waals surface area contributed by atoms with Crippen molar-refractivity contribution in [2.24, 2.45) is 0 Å². The minimum Gasteiger partial charge on any atom is -0.461 e. The molecule has 4 aromatic rings. The molecule has 7 heteroatoms. The average molecular weight is 390 g/mol. The van der Waals surface area contributed by atoms with Crippen molar-refractivity contribution in [2.45, 2.75) is 19.5 Å². The maximum absolute atomic E-state index is 12.6. The van der Waals surface area contributed by atoms with Crippen LogP contribution >= 0.6 is 11.3 Å². The van der Waals surface area contributed by atoms with Gasteiger partial charge in [-0.25, -0.2) is 4.98 Å². The Bertz CT molecular complexity index is 1150. The highest BCUT2D eigenvalue weighted by atomic mass is 32.1. The second kappa shape index (κ2) is 7.18. The summed E-state index contributed by atoms with van der Waals surface area (Å²) in [4.78, 5) is 28.3. The molecule has 5 rings (SSSR count). The molecule has 1 aliphatic heterocycles. The standard InChI is InChI=1S/C21H18N4O2S/c26-21-15-13-25(9-8-16(15)23-20(24-21)18-6-2-10-27-18)12-14-4-1-5-17(22-14)19-7-3-11-28-19/h1-7,10-11H,8-9,12-13H2,(H,23,24,26). The number of hydrogen-bond donors (Lipinski definition) is 1. The molecule has 0 aliphatic carbocycles. The third-order valence-corrected chi connectivity index (χ3v) is 5.76. The van der Waals surface area contributed by atoms with Gasteiger partial charge in [0.1, 0.15) is 0 Å². The fourth-order valence-corrected chi connectivity index (χ4v) is 4.20. The summed E-state index contributed by atoms with van der Waals surface area (Å²) in [5.41, 5.74) is 3.49. The second-order valence-corrected chi connectivity index (χ2v) is 7.72. The summed E-state index contributed by atoms with van der Waals surface area (Å²) in [6.07, 6.45) is 2.31. The smallest absolute Gasteiger partial charge is 0.256 e. The van der Waals surface area contributed by atoms with Crippen molar-refractivity contribution in [3.8, 4) is 22.2 Å². The number of rotatable bonds is 4. The second-order valence-electron chi connectivity index (χ2n) is 6.77.